The monoisotopic (exact) mass is 365 g/mol. The van der Waals surface area contributed by atoms with Crippen LogP contribution in [0.15, 0.2) is 53.6 Å². The van der Waals surface area contributed by atoms with E-state index in [1.165, 1.54) is 24.5 Å². The predicted molar refractivity (Wildman–Crippen MR) is 99.4 cm³/mol. The van der Waals surface area contributed by atoms with E-state index in [9.17, 15) is 19.7 Å². The van der Waals surface area contributed by atoms with Crippen LogP contribution in [0.4, 0.5) is 11.4 Å². The maximum absolute atomic E-state index is 12.5. The lowest BCUT2D eigenvalue weighted by molar-refractivity contribution is -0.384. The molecule has 0 unspecified atom stereocenters. The molecule has 1 fully saturated rings. The molecule has 2 aromatic carbocycles. The second-order valence-corrected chi connectivity index (χ2v) is 6.29. The average Bonchev–Trinajstić information content (AvgIpc) is 3.48. The van der Waals surface area contributed by atoms with Crippen molar-refractivity contribution in [2.75, 3.05) is 10.7 Å². The number of nitro groups is 1. The van der Waals surface area contributed by atoms with Crippen LogP contribution >= 0.6 is 0 Å². The van der Waals surface area contributed by atoms with Crippen LogP contribution in [0, 0.1) is 10.1 Å². The SMILES string of the molecule is O=C(Nn1cnc2ccccc2c1=O)c1ccc(NC2CC2)c([N+](=O)[O-])c1. The second-order valence-electron chi connectivity index (χ2n) is 6.29. The van der Waals surface area contributed by atoms with Gasteiger partial charge in [-0.3, -0.25) is 25.1 Å². The number of hydrogen-bond donors (Lipinski definition) is 2. The summed E-state index contributed by atoms with van der Waals surface area (Å²) < 4.78 is 0.965. The number of aromatic nitrogens is 2. The van der Waals surface area contributed by atoms with E-state index in [4.69, 9.17) is 0 Å². The summed E-state index contributed by atoms with van der Waals surface area (Å²) in [4.78, 5) is 39.8. The number of para-hydroxylation sites is 1. The third kappa shape index (κ3) is 3.34. The topological polar surface area (TPSA) is 119 Å². The predicted octanol–water partition coefficient (Wildman–Crippen LogP) is 2.26. The van der Waals surface area contributed by atoms with Crippen LogP contribution in [-0.4, -0.2) is 26.5 Å². The highest BCUT2D eigenvalue weighted by molar-refractivity contribution is 6.01. The number of rotatable bonds is 5. The summed E-state index contributed by atoms with van der Waals surface area (Å²) in [5, 5.41) is 14.8. The van der Waals surface area contributed by atoms with Gasteiger partial charge in [0.15, 0.2) is 0 Å². The first-order valence-corrected chi connectivity index (χ1v) is 8.35. The van der Waals surface area contributed by atoms with E-state index in [-0.39, 0.29) is 17.3 Å². The molecule has 3 aromatic rings. The summed E-state index contributed by atoms with van der Waals surface area (Å²) in [5.41, 5.74) is 2.76. The van der Waals surface area contributed by atoms with Crippen LogP contribution < -0.4 is 16.3 Å². The maximum Gasteiger partial charge on any atom is 0.293 e. The smallest absolute Gasteiger partial charge is 0.293 e. The van der Waals surface area contributed by atoms with E-state index in [0.29, 0.717) is 16.6 Å². The first-order chi connectivity index (χ1) is 13.0. The zero-order valence-corrected chi connectivity index (χ0v) is 14.1. The second kappa shape index (κ2) is 6.52. The third-order valence-electron chi connectivity index (χ3n) is 4.28. The normalized spacial score (nSPS) is 13.3. The molecular weight excluding hydrogens is 350 g/mol. The molecule has 9 nitrogen and oxygen atoms in total. The molecule has 1 heterocycles. The Morgan fingerprint density at radius 2 is 2.00 bits per heavy atom. The van der Waals surface area contributed by atoms with Crippen LogP contribution in [0.5, 0.6) is 0 Å². The Bertz CT molecular complexity index is 1120. The van der Waals surface area contributed by atoms with Crippen molar-refractivity contribution in [1.29, 1.82) is 0 Å². The molecule has 0 radical (unpaired) electrons. The van der Waals surface area contributed by atoms with Crippen molar-refractivity contribution in [3.05, 3.63) is 74.8 Å². The lowest BCUT2D eigenvalue weighted by Crippen LogP contribution is -2.33. The Labute approximate surface area is 152 Å². The van der Waals surface area contributed by atoms with Crippen molar-refractivity contribution in [3.63, 3.8) is 0 Å². The molecule has 0 saturated heterocycles. The van der Waals surface area contributed by atoms with E-state index in [1.807, 2.05) is 0 Å². The molecule has 4 rings (SSSR count). The molecule has 1 aliphatic carbocycles. The molecule has 0 spiro atoms. The molecule has 0 atom stereocenters. The summed E-state index contributed by atoms with van der Waals surface area (Å²) in [6, 6.07) is 11.2. The minimum atomic E-state index is -0.643. The maximum atomic E-state index is 12.5. The van der Waals surface area contributed by atoms with Gasteiger partial charge in [-0.1, -0.05) is 12.1 Å². The number of fused-ring (bicyclic) bond motifs is 1. The Morgan fingerprint density at radius 1 is 1.22 bits per heavy atom. The van der Waals surface area contributed by atoms with E-state index in [0.717, 1.165) is 17.5 Å². The molecular formula is C18H15N5O4. The number of hydrogen-bond acceptors (Lipinski definition) is 6. The highest BCUT2D eigenvalue weighted by Gasteiger charge is 2.25. The van der Waals surface area contributed by atoms with Gasteiger partial charge in [-0.05, 0) is 37.1 Å². The van der Waals surface area contributed by atoms with E-state index >= 15 is 0 Å². The molecule has 2 N–H and O–H groups in total. The Balaban J connectivity index is 1.63. The van der Waals surface area contributed by atoms with Crippen LogP contribution in [0.2, 0.25) is 0 Å². The molecule has 1 saturated carbocycles. The largest absolute Gasteiger partial charge is 0.377 e. The number of nitrogens with zero attached hydrogens (tertiary/aromatic N) is 3. The van der Waals surface area contributed by atoms with Crippen molar-refractivity contribution in [3.8, 4) is 0 Å². The number of anilines is 1. The van der Waals surface area contributed by atoms with Gasteiger partial charge in [-0.2, -0.15) is 0 Å². The van der Waals surface area contributed by atoms with Crippen molar-refractivity contribution in [2.24, 2.45) is 0 Å². The molecule has 136 valence electrons. The highest BCUT2D eigenvalue weighted by atomic mass is 16.6. The van der Waals surface area contributed by atoms with Crippen LogP contribution in [0.1, 0.15) is 23.2 Å². The first-order valence-electron chi connectivity index (χ1n) is 8.35. The van der Waals surface area contributed by atoms with Crippen molar-refractivity contribution >= 4 is 28.2 Å². The first kappa shape index (κ1) is 16.7. The van der Waals surface area contributed by atoms with Gasteiger partial charge in [0.1, 0.15) is 12.0 Å². The molecule has 1 aromatic heterocycles. The summed E-state index contributed by atoms with van der Waals surface area (Å²) in [6.07, 6.45) is 3.15. The standard InChI is InChI=1S/C18H15N5O4/c24-17(21-22-10-19-14-4-2-1-3-13(14)18(22)25)11-5-8-15(20-12-6-7-12)16(9-11)23(26)27/h1-5,8-10,12,20H,6-7H2,(H,21,24). The number of carbonyl (C=O) groups is 1. The summed E-state index contributed by atoms with van der Waals surface area (Å²) in [5.74, 6) is -0.643. The minimum Gasteiger partial charge on any atom is -0.377 e. The van der Waals surface area contributed by atoms with Gasteiger partial charge in [0.2, 0.25) is 0 Å². The molecule has 9 heteroatoms. The third-order valence-corrected chi connectivity index (χ3v) is 4.28. The van der Waals surface area contributed by atoms with Crippen LogP contribution in [0.25, 0.3) is 10.9 Å². The number of carbonyl (C=O) groups excluding carboxylic acids is 1. The highest BCUT2D eigenvalue weighted by Crippen LogP contribution is 2.31. The van der Waals surface area contributed by atoms with E-state index in [2.05, 4.69) is 15.7 Å². The Hall–Kier alpha value is -3.75. The number of benzene rings is 2. The lowest BCUT2D eigenvalue weighted by atomic mass is 10.1. The molecule has 0 bridgehead atoms. The van der Waals surface area contributed by atoms with Gasteiger partial charge in [0.25, 0.3) is 17.2 Å². The van der Waals surface area contributed by atoms with Gasteiger partial charge in [-0.25, -0.2) is 9.66 Å². The molecule has 1 amide bonds. The number of nitro benzene ring substituents is 1. The summed E-state index contributed by atoms with van der Waals surface area (Å²) >= 11 is 0. The van der Waals surface area contributed by atoms with E-state index in [1.54, 1.807) is 24.3 Å². The fourth-order valence-electron chi connectivity index (χ4n) is 2.72. The van der Waals surface area contributed by atoms with Gasteiger partial charge in [0, 0.05) is 17.7 Å². The summed E-state index contributed by atoms with van der Waals surface area (Å²) in [7, 11) is 0. The van der Waals surface area contributed by atoms with Gasteiger partial charge >= 0.3 is 0 Å². The zero-order chi connectivity index (χ0) is 19.0. The lowest BCUT2D eigenvalue weighted by Gasteiger charge is -2.10. The van der Waals surface area contributed by atoms with E-state index < -0.39 is 16.4 Å². The molecule has 0 aliphatic heterocycles. The van der Waals surface area contributed by atoms with Crippen LogP contribution in [0.3, 0.4) is 0 Å². The fourth-order valence-corrected chi connectivity index (χ4v) is 2.72. The molecule has 1 aliphatic rings. The fraction of sp³-hybridized carbons (Fsp3) is 0.167. The van der Waals surface area contributed by atoms with Crippen LogP contribution in [-0.2, 0) is 0 Å². The van der Waals surface area contributed by atoms with Crippen molar-refractivity contribution in [2.45, 2.75) is 18.9 Å². The van der Waals surface area contributed by atoms with Crippen molar-refractivity contribution in [1.82, 2.24) is 9.66 Å². The Morgan fingerprint density at radius 3 is 2.74 bits per heavy atom. The van der Waals surface area contributed by atoms with Gasteiger partial charge in [-0.15, -0.1) is 0 Å². The minimum absolute atomic E-state index is 0.0723. The number of amides is 1. The number of nitrogens with one attached hydrogen (secondary N) is 2. The summed E-state index contributed by atoms with van der Waals surface area (Å²) in [6.45, 7) is 0. The van der Waals surface area contributed by atoms with Gasteiger partial charge in [0.05, 0.1) is 15.8 Å². The average molecular weight is 365 g/mol. The zero-order valence-electron chi connectivity index (χ0n) is 14.1. The van der Waals surface area contributed by atoms with Crippen molar-refractivity contribution < 1.29 is 9.72 Å². The molecule has 27 heavy (non-hydrogen) atoms. The Kier molecular flexibility index (Phi) is 4.03. The van der Waals surface area contributed by atoms with Gasteiger partial charge < -0.3 is 5.32 Å². The quantitative estimate of drug-likeness (QED) is 0.529.